The van der Waals surface area contributed by atoms with Gasteiger partial charge in [0.05, 0.1) is 25.6 Å². The lowest BCUT2D eigenvalue weighted by Crippen LogP contribution is -2.23. The first-order valence-corrected chi connectivity index (χ1v) is 11.1. The van der Waals surface area contributed by atoms with Crippen LogP contribution in [0.5, 0.6) is 17.2 Å². The number of nitrogens with zero attached hydrogens (tertiary/aromatic N) is 4. The number of carbonyl (C=O) groups is 1. The van der Waals surface area contributed by atoms with Gasteiger partial charge in [-0.3, -0.25) is 14.3 Å². The predicted molar refractivity (Wildman–Crippen MR) is 131 cm³/mol. The minimum Gasteiger partial charge on any atom is -0.497 e. The minimum absolute atomic E-state index is 0.0161. The van der Waals surface area contributed by atoms with Crippen molar-refractivity contribution < 1.29 is 19.0 Å². The predicted octanol–water partition coefficient (Wildman–Crippen LogP) is 3.97. The molecule has 2 aromatic heterocycles. The normalized spacial score (nSPS) is 11.0. The first-order chi connectivity index (χ1) is 16.8. The number of rotatable bonds is 8. The smallest absolute Gasteiger partial charge is 0.274 e. The highest BCUT2D eigenvalue weighted by Gasteiger charge is 2.15. The van der Waals surface area contributed by atoms with Crippen LogP contribution in [-0.2, 0) is 6.61 Å². The fraction of sp³-hybridized carbons (Fsp3) is 0.250. The molecule has 0 aliphatic rings. The van der Waals surface area contributed by atoms with E-state index in [1.165, 1.54) is 24.8 Å². The molecule has 35 heavy (non-hydrogen) atoms. The zero-order valence-corrected chi connectivity index (χ0v) is 20.4. The third-order valence-electron chi connectivity index (χ3n) is 5.16. The van der Waals surface area contributed by atoms with Gasteiger partial charge in [-0.2, -0.15) is 9.50 Å². The Morgan fingerprint density at radius 2 is 1.80 bits per heavy atom. The number of methoxy groups -OCH3 is 2. The third-order valence-corrected chi connectivity index (χ3v) is 5.40. The summed E-state index contributed by atoms with van der Waals surface area (Å²) in [7, 11) is 3.01. The Kier molecular flexibility index (Phi) is 6.92. The summed E-state index contributed by atoms with van der Waals surface area (Å²) >= 11 is 6.16. The van der Waals surface area contributed by atoms with Crippen LogP contribution in [0.25, 0.3) is 5.78 Å². The molecule has 2 aromatic carbocycles. The van der Waals surface area contributed by atoms with E-state index in [0.717, 1.165) is 0 Å². The van der Waals surface area contributed by atoms with Gasteiger partial charge in [-0.05, 0) is 44.2 Å². The molecule has 1 amide bonds. The lowest BCUT2D eigenvalue weighted by Gasteiger charge is -2.14. The number of ether oxygens (including phenoxy) is 3. The first-order valence-electron chi connectivity index (χ1n) is 10.7. The van der Waals surface area contributed by atoms with Crippen molar-refractivity contribution in [3.8, 4) is 17.2 Å². The highest BCUT2D eigenvalue weighted by Crippen LogP contribution is 2.30. The Balaban J connectivity index is 1.57. The van der Waals surface area contributed by atoms with Gasteiger partial charge in [0.1, 0.15) is 30.2 Å². The summed E-state index contributed by atoms with van der Waals surface area (Å²) in [4.78, 5) is 34.2. The average Bonchev–Trinajstić information content (AvgIpc) is 3.28. The molecule has 11 heteroatoms. The zero-order chi connectivity index (χ0) is 25.1. The molecular formula is C24H24ClN5O5. The number of hydrogen-bond acceptors (Lipinski definition) is 7. The van der Waals surface area contributed by atoms with E-state index in [2.05, 4.69) is 15.3 Å². The summed E-state index contributed by atoms with van der Waals surface area (Å²) in [6.45, 7) is 3.88. The van der Waals surface area contributed by atoms with E-state index in [-0.39, 0.29) is 24.0 Å². The van der Waals surface area contributed by atoms with Gasteiger partial charge < -0.3 is 19.5 Å². The maximum absolute atomic E-state index is 12.9. The highest BCUT2D eigenvalue weighted by atomic mass is 35.5. The maximum atomic E-state index is 12.9. The molecule has 0 aliphatic carbocycles. The van der Waals surface area contributed by atoms with Crippen molar-refractivity contribution >= 4 is 29.0 Å². The molecule has 1 N–H and O–H groups in total. The van der Waals surface area contributed by atoms with Crippen molar-refractivity contribution in [2.45, 2.75) is 26.5 Å². The van der Waals surface area contributed by atoms with E-state index < -0.39 is 5.91 Å². The van der Waals surface area contributed by atoms with Gasteiger partial charge in [0.2, 0.25) is 0 Å². The SMILES string of the molecule is COc1cc(OC)cc(C(=O)Nc2cc(Cl)ccc2OCc2cc(=O)n3c(ncn3C(C)C)n2)c1. The largest absolute Gasteiger partial charge is 0.497 e. The quantitative estimate of drug-likeness (QED) is 0.392. The number of halogens is 1. The number of aromatic nitrogens is 4. The Hall–Kier alpha value is -4.05. The summed E-state index contributed by atoms with van der Waals surface area (Å²) in [6.07, 6.45) is 1.57. The monoisotopic (exact) mass is 497 g/mol. The van der Waals surface area contributed by atoms with Crippen LogP contribution in [0.3, 0.4) is 0 Å². The molecule has 0 unspecified atom stereocenters. The molecule has 2 heterocycles. The van der Waals surface area contributed by atoms with Crippen LogP contribution < -0.4 is 25.1 Å². The van der Waals surface area contributed by atoms with E-state index >= 15 is 0 Å². The molecule has 0 spiro atoms. The van der Waals surface area contributed by atoms with Crippen molar-refractivity contribution in [1.82, 2.24) is 19.2 Å². The number of nitrogens with one attached hydrogen (secondary N) is 1. The minimum atomic E-state index is -0.411. The van der Waals surface area contributed by atoms with Crippen LogP contribution in [0.15, 0.2) is 53.6 Å². The molecule has 0 saturated carbocycles. The second kappa shape index (κ2) is 10.1. The van der Waals surface area contributed by atoms with Crippen molar-refractivity contribution in [3.05, 3.63) is 75.4 Å². The lowest BCUT2D eigenvalue weighted by molar-refractivity contribution is 0.102. The molecule has 4 rings (SSSR count). The van der Waals surface area contributed by atoms with Crippen LogP contribution in [0.1, 0.15) is 35.9 Å². The molecule has 0 atom stereocenters. The number of carbonyl (C=O) groups excluding carboxylic acids is 1. The first kappa shape index (κ1) is 24.1. The molecule has 0 bridgehead atoms. The Morgan fingerprint density at radius 3 is 2.46 bits per heavy atom. The van der Waals surface area contributed by atoms with Crippen LogP contribution in [0, 0.1) is 0 Å². The molecule has 0 radical (unpaired) electrons. The molecule has 0 aliphatic heterocycles. The van der Waals surface area contributed by atoms with Gasteiger partial charge in [-0.25, -0.2) is 4.98 Å². The average molecular weight is 498 g/mol. The highest BCUT2D eigenvalue weighted by molar-refractivity contribution is 6.31. The summed E-state index contributed by atoms with van der Waals surface area (Å²) in [5, 5.41) is 3.21. The summed E-state index contributed by atoms with van der Waals surface area (Å²) in [5.74, 6) is 1.18. The number of hydrogen-bond donors (Lipinski definition) is 1. The van der Waals surface area contributed by atoms with E-state index in [1.54, 1.807) is 47.4 Å². The summed E-state index contributed by atoms with van der Waals surface area (Å²) in [6, 6.07) is 11.1. The van der Waals surface area contributed by atoms with Gasteiger partial charge in [-0.15, -0.1) is 0 Å². The van der Waals surface area contributed by atoms with Crippen molar-refractivity contribution in [2.24, 2.45) is 0 Å². The third kappa shape index (κ3) is 5.22. The molecule has 0 fully saturated rings. The van der Waals surface area contributed by atoms with E-state index in [4.69, 9.17) is 25.8 Å². The van der Waals surface area contributed by atoms with Crippen LogP contribution in [0.2, 0.25) is 5.02 Å². The van der Waals surface area contributed by atoms with Gasteiger partial charge in [0.15, 0.2) is 0 Å². The van der Waals surface area contributed by atoms with Crippen molar-refractivity contribution in [1.29, 1.82) is 0 Å². The second-order valence-corrected chi connectivity index (χ2v) is 8.34. The standard InChI is InChI=1S/C24H24ClN5O5/c1-14(2)29-13-26-24-27-17(10-22(31)30(24)29)12-35-21-6-5-16(25)9-20(21)28-23(32)15-7-18(33-3)11-19(8-15)34-4/h5-11,13-14H,12H2,1-4H3,(H,28,32). The number of benzene rings is 2. The molecule has 10 nitrogen and oxygen atoms in total. The Labute approximate surface area is 206 Å². The van der Waals surface area contributed by atoms with Crippen LogP contribution >= 0.6 is 11.6 Å². The van der Waals surface area contributed by atoms with E-state index in [9.17, 15) is 9.59 Å². The van der Waals surface area contributed by atoms with Crippen LogP contribution in [-0.4, -0.2) is 39.3 Å². The number of anilines is 1. The van der Waals surface area contributed by atoms with Gasteiger partial charge in [-0.1, -0.05) is 11.6 Å². The summed E-state index contributed by atoms with van der Waals surface area (Å²) in [5.41, 5.74) is 0.810. The van der Waals surface area contributed by atoms with Crippen LogP contribution in [0.4, 0.5) is 5.69 Å². The van der Waals surface area contributed by atoms with Crippen molar-refractivity contribution in [3.63, 3.8) is 0 Å². The fourth-order valence-electron chi connectivity index (χ4n) is 3.42. The van der Waals surface area contributed by atoms with Crippen molar-refractivity contribution in [2.75, 3.05) is 19.5 Å². The fourth-order valence-corrected chi connectivity index (χ4v) is 3.59. The zero-order valence-electron chi connectivity index (χ0n) is 19.6. The van der Waals surface area contributed by atoms with E-state index in [1.807, 2.05) is 13.8 Å². The van der Waals surface area contributed by atoms with Gasteiger partial charge >= 0.3 is 0 Å². The molecular weight excluding hydrogens is 474 g/mol. The summed E-state index contributed by atoms with van der Waals surface area (Å²) < 4.78 is 19.5. The van der Waals surface area contributed by atoms with E-state index in [0.29, 0.717) is 39.2 Å². The molecule has 4 aromatic rings. The topological polar surface area (TPSA) is 109 Å². The molecule has 182 valence electrons. The number of amides is 1. The van der Waals surface area contributed by atoms with Gasteiger partial charge in [0, 0.05) is 28.8 Å². The second-order valence-electron chi connectivity index (χ2n) is 7.90. The Bertz CT molecular complexity index is 1420. The Morgan fingerprint density at radius 1 is 1.09 bits per heavy atom. The molecule has 0 saturated heterocycles. The van der Waals surface area contributed by atoms with Gasteiger partial charge in [0.25, 0.3) is 17.2 Å². The number of fused-ring (bicyclic) bond motifs is 1. The lowest BCUT2D eigenvalue weighted by atomic mass is 10.1. The maximum Gasteiger partial charge on any atom is 0.274 e.